The molecular weight excluding hydrogens is 420 g/mol. The van der Waals surface area contributed by atoms with Crippen molar-refractivity contribution in [3.63, 3.8) is 0 Å². The van der Waals surface area contributed by atoms with Crippen molar-refractivity contribution in [2.24, 2.45) is 5.92 Å². The second kappa shape index (κ2) is 9.36. The van der Waals surface area contributed by atoms with Crippen LogP contribution < -0.4 is 5.32 Å². The van der Waals surface area contributed by atoms with Crippen LogP contribution in [0.2, 0.25) is 0 Å². The molecule has 1 saturated heterocycles. The Hall–Kier alpha value is -2.80. The lowest BCUT2D eigenvalue weighted by Crippen LogP contribution is -2.39. The Morgan fingerprint density at radius 2 is 1.94 bits per heavy atom. The van der Waals surface area contributed by atoms with Gasteiger partial charge in [-0.2, -0.15) is 0 Å². The zero-order chi connectivity index (χ0) is 21.9. The highest BCUT2D eigenvalue weighted by Gasteiger charge is 2.28. The summed E-state index contributed by atoms with van der Waals surface area (Å²) in [5.41, 5.74) is 2.38. The van der Waals surface area contributed by atoms with E-state index in [4.69, 9.17) is 4.98 Å². The van der Waals surface area contributed by atoms with Crippen LogP contribution in [0.4, 0.5) is 0 Å². The van der Waals surface area contributed by atoms with Crippen molar-refractivity contribution in [1.29, 1.82) is 0 Å². The minimum absolute atomic E-state index is 0.00376. The number of carbonyl (C=O) groups excluding carboxylic acids is 2. The third kappa shape index (κ3) is 4.53. The molecule has 1 aliphatic heterocycles. The topological polar surface area (TPSA) is 75.2 Å². The summed E-state index contributed by atoms with van der Waals surface area (Å²) < 4.78 is 0. The monoisotopic (exact) mass is 448 g/mol. The van der Waals surface area contributed by atoms with E-state index in [2.05, 4.69) is 15.7 Å². The fourth-order valence-electron chi connectivity index (χ4n) is 4.46. The first-order chi connectivity index (χ1) is 15.7. The van der Waals surface area contributed by atoms with Crippen molar-refractivity contribution in [2.45, 2.75) is 44.4 Å². The number of piperidine rings is 1. The first-order valence-electron chi connectivity index (χ1n) is 11.5. The van der Waals surface area contributed by atoms with E-state index in [1.165, 1.54) is 6.42 Å². The molecule has 0 unspecified atom stereocenters. The summed E-state index contributed by atoms with van der Waals surface area (Å²) in [6, 6.07) is 11.7. The van der Waals surface area contributed by atoms with Crippen LogP contribution in [-0.2, 0) is 11.2 Å². The minimum atomic E-state index is -0.00376. The molecule has 0 radical (unpaired) electrons. The van der Waals surface area contributed by atoms with Crippen LogP contribution in [0.25, 0.3) is 10.9 Å². The fourth-order valence-corrected chi connectivity index (χ4v) is 5.45. The smallest absolute Gasteiger partial charge is 0.272 e. The van der Waals surface area contributed by atoms with E-state index in [-0.39, 0.29) is 23.7 Å². The Morgan fingerprint density at radius 1 is 1.06 bits per heavy atom. The van der Waals surface area contributed by atoms with Crippen molar-refractivity contribution in [3.05, 3.63) is 58.2 Å². The van der Waals surface area contributed by atoms with Gasteiger partial charge in [-0.3, -0.25) is 9.59 Å². The van der Waals surface area contributed by atoms with Crippen LogP contribution in [-0.4, -0.2) is 46.3 Å². The van der Waals surface area contributed by atoms with Gasteiger partial charge in [-0.15, -0.1) is 11.3 Å². The number of rotatable bonds is 6. The number of nitrogens with one attached hydrogen (secondary N) is 1. The summed E-state index contributed by atoms with van der Waals surface area (Å²) in [7, 11) is 0. The molecule has 5 rings (SSSR count). The molecule has 1 N–H and O–H groups in total. The zero-order valence-electron chi connectivity index (χ0n) is 18.1. The molecule has 1 aliphatic carbocycles. The summed E-state index contributed by atoms with van der Waals surface area (Å²) in [5, 5.41) is 7.27. The molecule has 6 nitrogen and oxygen atoms in total. The van der Waals surface area contributed by atoms with Crippen LogP contribution in [0.3, 0.4) is 0 Å². The lowest BCUT2D eigenvalue weighted by atomic mass is 9.85. The van der Waals surface area contributed by atoms with Crippen molar-refractivity contribution >= 4 is 34.1 Å². The second-order valence-electron chi connectivity index (χ2n) is 8.83. The van der Waals surface area contributed by atoms with Gasteiger partial charge >= 0.3 is 0 Å². The molecule has 166 valence electrons. The van der Waals surface area contributed by atoms with Crippen molar-refractivity contribution < 1.29 is 9.59 Å². The predicted octanol–water partition coefficient (Wildman–Crippen LogP) is 4.17. The number of para-hydroxylation sites is 1. The number of amides is 2. The van der Waals surface area contributed by atoms with Crippen LogP contribution in [0.5, 0.6) is 0 Å². The molecule has 0 spiro atoms. The van der Waals surface area contributed by atoms with Gasteiger partial charge in [0.15, 0.2) is 0 Å². The number of benzene rings is 1. The zero-order valence-corrected chi connectivity index (χ0v) is 18.9. The number of hydrogen-bond acceptors (Lipinski definition) is 5. The molecule has 1 atom stereocenters. The van der Waals surface area contributed by atoms with E-state index >= 15 is 0 Å². The quantitative estimate of drug-likeness (QED) is 0.614. The average Bonchev–Trinajstić information content (AvgIpc) is 3.26. The number of likely N-dealkylation sites (tertiary alicyclic amines) is 1. The number of thiazole rings is 1. The van der Waals surface area contributed by atoms with Gasteiger partial charge in [0.1, 0.15) is 5.69 Å². The molecular formula is C25H28N4O2S. The number of carbonyl (C=O) groups is 2. The summed E-state index contributed by atoms with van der Waals surface area (Å²) >= 11 is 1.67. The molecule has 3 heterocycles. The van der Waals surface area contributed by atoms with E-state index < -0.39 is 0 Å². The highest BCUT2D eigenvalue weighted by molar-refractivity contribution is 7.09. The highest BCUT2D eigenvalue weighted by Crippen LogP contribution is 2.30. The first kappa shape index (κ1) is 21.1. The van der Waals surface area contributed by atoms with E-state index in [1.54, 1.807) is 11.3 Å². The Balaban J connectivity index is 1.19. The van der Waals surface area contributed by atoms with Crippen LogP contribution >= 0.6 is 11.3 Å². The van der Waals surface area contributed by atoms with Crippen molar-refractivity contribution in [2.75, 3.05) is 19.6 Å². The molecule has 0 bridgehead atoms. The highest BCUT2D eigenvalue weighted by atomic mass is 32.1. The fraction of sp³-hybridized carbons (Fsp3) is 0.440. The molecule has 2 fully saturated rings. The number of nitrogens with zero attached hydrogens (tertiary/aromatic N) is 3. The largest absolute Gasteiger partial charge is 0.355 e. The molecule has 2 aromatic heterocycles. The minimum Gasteiger partial charge on any atom is -0.355 e. The Bertz CT molecular complexity index is 1120. The standard InChI is InChI=1S/C25H28N4O2S/c30-23(18-6-3-7-18)26-13-12-20-16-32-24(27-20)19-8-4-14-29(15-19)25(31)22-11-10-17-5-1-2-9-21(17)28-22/h1-2,5,9-11,16,18-19H,3-4,6-8,12-15H2,(H,26,30)/t19-/m1/s1. The Morgan fingerprint density at radius 3 is 2.78 bits per heavy atom. The number of aromatic nitrogens is 2. The van der Waals surface area contributed by atoms with E-state index in [0.717, 1.165) is 60.3 Å². The molecule has 2 amide bonds. The van der Waals surface area contributed by atoms with Gasteiger partial charge in [0.05, 0.1) is 16.2 Å². The summed E-state index contributed by atoms with van der Waals surface area (Å²) in [5.74, 6) is 0.673. The maximum absolute atomic E-state index is 13.1. The molecule has 3 aromatic rings. The van der Waals surface area contributed by atoms with Crippen LogP contribution in [0.1, 0.15) is 59.2 Å². The van der Waals surface area contributed by atoms with E-state index in [1.807, 2.05) is 41.3 Å². The van der Waals surface area contributed by atoms with Gasteiger partial charge in [0, 0.05) is 48.7 Å². The SMILES string of the molecule is O=C(NCCc1csc([C@@H]2CCCN(C(=O)c3ccc4ccccc4n3)C2)n1)C1CCC1. The average molecular weight is 449 g/mol. The van der Waals surface area contributed by atoms with E-state index in [9.17, 15) is 9.59 Å². The normalized spacial score (nSPS) is 19.0. The number of hydrogen-bond donors (Lipinski definition) is 1. The maximum atomic E-state index is 13.1. The molecule has 1 saturated carbocycles. The maximum Gasteiger partial charge on any atom is 0.272 e. The number of fused-ring (bicyclic) bond motifs is 1. The van der Waals surface area contributed by atoms with Gasteiger partial charge in [-0.1, -0.05) is 30.7 Å². The molecule has 2 aliphatic rings. The van der Waals surface area contributed by atoms with Crippen molar-refractivity contribution in [1.82, 2.24) is 20.2 Å². The summed E-state index contributed by atoms with van der Waals surface area (Å²) in [4.78, 5) is 36.4. The molecule has 32 heavy (non-hydrogen) atoms. The second-order valence-corrected chi connectivity index (χ2v) is 9.72. The summed E-state index contributed by atoms with van der Waals surface area (Å²) in [6.45, 7) is 2.08. The summed E-state index contributed by atoms with van der Waals surface area (Å²) in [6.07, 6.45) is 5.99. The molecule has 7 heteroatoms. The van der Waals surface area contributed by atoms with Gasteiger partial charge in [-0.25, -0.2) is 9.97 Å². The van der Waals surface area contributed by atoms with Gasteiger partial charge in [0.25, 0.3) is 5.91 Å². The van der Waals surface area contributed by atoms with Crippen LogP contribution in [0.15, 0.2) is 41.8 Å². The Labute approximate surface area is 192 Å². The predicted molar refractivity (Wildman–Crippen MR) is 126 cm³/mol. The third-order valence-electron chi connectivity index (χ3n) is 6.60. The lowest BCUT2D eigenvalue weighted by Gasteiger charge is -2.31. The van der Waals surface area contributed by atoms with Gasteiger partial charge < -0.3 is 10.2 Å². The van der Waals surface area contributed by atoms with Crippen LogP contribution in [0, 0.1) is 5.92 Å². The van der Waals surface area contributed by atoms with E-state index in [0.29, 0.717) is 18.8 Å². The van der Waals surface area contributed by atoms with Gasteiger partial charge in [-0.05, 0) is 37.8 Å². The first-order valence-corrected chi connectivity index (χ1v) is 12.4. The Kier molecular flexibility index (Phi) is 6.17. The third-order valence-corrected chi connectivity index (χ3v) is 7.66. The number of pyridine rings is 1. The van der Waals surface area contributed by atoms with Crippen molar-refractivity contribution in [3.8, 4) is 0 Å². The molecule has 1 aromatic carbocycles. The van der Waals surface area contributed by atoms with Gasteiger partial charge in [0.2, 0.25) is 5.91 Å². The lowest BCUT2D eigenvalue weighted by molar-refractivity contribution is -0.127.